The third-order valence-corrected chi connectivity index (χ3v) is 4.49. The Labute approximate surface area is 126 Å². The fraction of sp³-hybridized carbons (Fsp3) is 0.706. The van der Waals surface area contributed by atoms with Gasteiger partial charge in [0, 0.05) is 12.0 Å². The SMILES string of the molecule is Cc1cc2c(o1)CC(C)(C)CC2NC(=O)CNCC1CC1. The zero-order valence-electron chi connectivity index (χ0n) is 13.3. The Hall–Kier alpha value is -1.29. The largest absolute Gasteiger partial charge is 0.466 e. The van der Waals surface area contributed by atoms with Crippen molar-refractivity contribution >= 4 is 5.91 Å². The topological polar surface area (TPSA) is 54.3 Å². The lowest BCUT2D eigenvalue weighted by Gasteiger charge is -2.34. The second-order valence-electron chi connectivity index (χ2n) is 7.48. The molecule has 4 nitrogen and oxygen atoms in total. The minimum Gasteiger partial charge on any atom is -0.466 e. The predicted molar refractivity (Wildman–Crippen MR) is 82.0 cm³/mol. The molecular weight excluding hydrogens is 264 g/mol. The number of hydrogen-bond donors (Lipinski definition) is 2. The van der Waals surface area contributed by atoms with Crippen LogP contribution in [-0.4, -0.2) is 19.0 Å². The van der Waals surface area contributed by atoms with E-state index in [9.17, 15) is 4.79 Å². The molecule has 1 heterocycles. The molecule has 2 aliphatic carbocycles. The van der Waals surface area contributed by atoms with Gasteiger partial charge in [-0.1, -0.05) is 13.8 Å². The molecule has 1 amide bonds. The van der Waals surface area contributed by atoms with Crippen LogP contribution in [0.25, 0.3) is 0 Å². The summed E-state index contributed by atoms with van der Waals surface area (Å²) in [5.74, 6) is 2.86. The minimum atomic E-state index is 0.0800. The zero-order valence-corrected chi connectivity index (χ0v) is 13.3. The number of hydrogen-bond acceptors (Lipinski definition) is 3. The molecule has 1 saturated carbocycles. The van der Waals surface area contributed by atoms with Gasteiger partial charge in [-0.05, 0) is 50.1 Å². The number of furan rings is 1. The van der Waals surface area contributed by atoms with Crippen molar-refractivity contribution in [2.45, 2.75) is 52.5 Å². The monoisotopic (exact) mass is 290 g/mol. The maximum atomic E-state index is 12.1. The molecule has 0 bridgehead atoms. The molecule has 0 saturated heterocycles. The first-order valence-corrected chi connectivity index (χ1v) is 8.02. The molecule has 1 atom stereocenters. The molecule has 4 heteroatoms. The molecule has 0 aliphatic heterocycles. The van der Waals surface area contributed by atoms with Gasteiger partial charge in [-0.3, -0.25) is 4.79 Å². The van der Waals surface area contributed by atoms with Crippen molar-refractivity contribution in [3.63, 3.8) is 0 Å². The summed E-state index contributed by atoms with van der Waals surface area (Å²) in [6, 6.07) is 2.16. The van der Waals surface area contributed by atoms with Crippen LogP contribution in [0.2, 0.25) is 0 Å². The summed E-state index contributed by atoms with van der Waals surface area (Å²) in [4.78, 5) is 12.1. The van der Waals surface area contributed by atoms with E-state index in [1.165, 1.54) is 18.4 Å². The van der Waals surface area contributed by atoms with E-state index in [4.69, 9.17) is 4.42 Å². The van der Waals surface area contributed by atoms with Gasteiger partial charge in [-0.25, -0.2) is 0 Å². The standard InChI is InChI=1S/C17H26N2O2/c1-11-6-13-14(7-17(2,3)8-15(13)21-11)19-16(20)10-18-9-12-4-5-12/h6,12,14,18H,4-5,7-10H2,1-3H3,(H,19,20). The summed E-state index contributed by atoms with van der Waals surface area (Å²) in [5.41, 5.74) is 1.33. The number of rotatable bonds is 5. The highest BCUT2D eigenvalue weighted by molar-refractivity contribution is 5.78. The van der Waals surface area contributed by atoms with Gasteiger partial charge in [-0.15, -0.1) is 0 Å². The normalized spacial score (nSPS) is 23.7. The Morgan fingerprint density at radius 1 is 1.43 bits per heavy atom. The van der Waals surface area contributed by atoms with Gasteiger partial charge in [-0.2, -0.15) is 0 Å². The molecule has 0 spiro atoms. The van der Waals surface area contributed by atoms with E-state index in [0.717, 1.165) is 36.8 Å². The van der Waals surface area contributed by atoms with Crippen LogP contribution in [0.15, 0.2) is 10.5 Å². The van der Waals surface area contributed by atoms with Crippen LogP contribution >= 0.6 is 0 Å². The summed E-state index contributed by atoms with van der Waals surface area (Å²) >= 11 is 0. The fourth-order valence-corrected chi connectivity index (χ4v) is 3.27. The predicted octanol–water partition coefficient (Wildman–Crippen LogP) is 2.72. The first-order valence-electron chi connectivity index (χ1n) is 8.02. The van der Waals surface area contributed by atoms with Crippen molar-refractivity contribution < 1.29 is 9.21 Å². The third kappa shape index (κ3) is 3.67. The van der Waals surface area contributed by atoms with Gasteiger partial charge in [0.25, 0.3) is 0 Å². The number of carbonyl (C=O) groups is 1. The van der Waals surface area contributed by atoms with Crippen LogP contribution in [0.1, 0.15) is 56.2 Å². The van der Waals surface area contributed by atoms with E-state index >= 15 is 0 Å². The molecule has 1 aromatic rings. The maximum Gasteiger partial charge on any atom is 0.234 e. The van der Waals surface area contributed by atoms with Crippen molar-refractivity contribution in [3.05, 3.63) is 23.2 Å². The first-order chi connectivity index (χ1) is 9.93. The lowest BCUT2D eigenvalue weighted by molar-refractivity contribution is -0.121. The molecule has 2 N–H and O–H groups in total. The van der Waals surface area contributed by atoms with Gasteiger partial charge in [0.15, 0.2) is 0 Å². The molecule has 21 heavy (non-hydrogen) atoms. The van der Waals surface area contributed by atoms with Gasteiger partial charge in [0.1, 0.15) is 11.5 Å². The van der Waals surface area contributed by atoms with Crippen LogP contribution in [0.5, 0.6) is 0 Å². The molecular formula is C17H26N2O2. The molecule has 2 aliphatic rings. The molecule has 1 aromatic heterocycles. The van der Waals surface area contributed by atoms with Crippen LogP contribution in [0.4, 0.5) is 0 Å². The highest BCUT2D eigenvalue weighted by Crippen LogP contribution is 2.41. The lowest BCUT2D eigenvalue weighted by atomic mass is 9.74. The summed E-state index contributed by atoms with van der Waals surface area (Å²) < 4.78 is 5.81. The van der Waals surface area contributed by atoms with Crippen LogP contribution in [-0.2, 0) is 11.2 Å². The molecule has 116 valence electrons. The molecule has 1 fully saturated rings. The Morgan fingerprint density at radius 3 is 2.90 bits per heavy atom. The molecule has 0 radical (unpaired) electrons. The maximum absolute atomic E-state index is 12.1. The number of fused-ring (bicyclic) bond motifs is 1. The first kappa shape index (κ1) is 14.6. The Kier molecular flexibility index (Phi) is 3.82. The van der Waals surface area contributed by atoms with Crippen LogP contribution < -0.4 is 10.6 Å². The summed E-state index contributed by atoms with van der Waals surface area (Å²) in [7, 11) is 0. The molecule has 3 rings (SSSR count). The highest BCUT2D eigenvalue weighted by atomic mass is 16.3. The Bertz CT molecular complexity index is 529. The van der Waals surface area contributed by atoms with E-state index in [0.29, 0.717) is 6.54 Å². The second-order valence-corrected chi connectivity index (χ2v) is 7.48. The van der Waals surface area contributed by atoms with Crippen molar-refractivity contribution in [2.24, 2.45) is 11.3 Å². The highest BCUT2D eigenvalue weighted by Gasteiger charge is 2.35. The smallest absolute Gasteiger partial charge is 0.234 e. The summed E-state index contributed by atoms with van der Waals surface area (Å²) in [6.45, 7) is 7.83. The van der Waals surface area contributed by atoms with E-state index in [1.807, 2.05) is 6.92 Å². The summed E-state index contributed by atoms with van der Waals surface area (Å²) in [5, 5.41) is 6.43. The third-order valence-electron chi connectivity index (χ3n) is 4.49. The van der Waals surface area contributed by atoms with Gasteiger partial charge >= 0.3 is 0 Å². The molecule has 1 unspecified atom stereocenters. The molecule has 0 aromatic carbocycles. The zero-order chi connectivity index (χ0) is 15.0. The van der Waals surface area contributed by atoms with Gasteiger partial charge < -0.3 is 15.1 Å². The van der Waals surface area contributed by atoms with E-state index < -0.39 is 0 Å². The number of aryl methyl sites for hydroxylation is 1. The van der Waals surface area contributed by atoms with Crippen LogP contribution in [0.3, 0.4) is 0 Å². The summed E-state index contributed by atoms with van der Waals surface area (Å²) in [6.07, 6.45) is 4.53. The minimum absolute atomic E-state index is 0.0800. The fourth-order valence-electron chi connectivity index (χ4n) is 3.27. The number of carbonyl (C=O) groups excluding carboxylic acids is 1. The van der Waals surface area contributed by atoms with Crippen molar-refractivity contribution in [3.8, 4) is 0 Å². The Morgan fingerprint density at radius 2 is 2.19 bits per heavy atom. The average molecular weight is 290 g/mol. The second kappa shape index (κ2) is 5.48. The number of nitrogens with one attached hydrogen (secondary N) is 2. The van der Waals surface area contributed by atoms with E-state index in [-0.39, 0.29) is 17.4 Å². The average Bonchev–Trinajstić information content (AvgIpc) is 3.10. The Balaban J connectivity index is 1.61. The van der Waals surface area contributed by atoms with Crippen molar-refractivity contribution in [1.82, 2.24) is 10.6 Å². The number of amides is 1. The van der Waals surface area contributed by atoms with Crippen molar-refractivity contribution in [2.75, 3.05) is 13.1 Å². The lowest BCUT2D eigenvalue weighted by Crippen LogP contribution is -2.40. The quantitative estimate of drug-likeness (QED) is 0.876. The van der Waals surface area contributed by atoms with Gasteiger partial charge in [0.2, 0.25) is 5.91 Å². The van der Waals surface area contributed by atoms with E-state index in [1.54, 1.807) is 0 Å². The van der Waals surface area contributed by atoms with Crippen LogP contribution in [0, 0.1) is 18.3 Å². The van der Waals surface area contributed by atoms with Crippen molar-refractivity contribution in [1.29, 1.82) is 0 Å². The van der Waals surface area contributed by atoms with E-state index in [2.05, 4.69) is 30.5 Å². The van der Waals surface area contributed by atoms with Gasteiger partial charge in [0.05, 0.1) is 12.6 Å².